The van der Waals surface area contributed by atoms with E-state index in [1.165, 1.54) is 23.9 Å². The number of halogens is 1. The van der Waals surface area contributed by atoms with Crippen LogP contribution in [0.4, 0.5) is 4.39 Å². The molecule has 0 bridgehead atoms. The number of rotatable bonds is 7. The lowest BCUT2D eigenvalue weighted by atomic mass is 10.1. The molecule has 1 saturated carbocycles. The van der Waals surface area contributed by atoms with E-state index in [4.69, 9.17) is 0 Å². The Morgan fingerprint density at radius 1 is 1.04 bits per heavy atom. The van der Waals surface area contributed by atoms with E-state index in [2.05, 4.69) is 5.32 Å². The minimum atomic E-state index is -0.250. The molecular weight excluding hydrogens is 325 g/mol. The predicted molar refractivity (Wildman–Crippen MR) is 93.8 cm³/mol. The molecule has 0 radical (unpaired) electrons. The lowest BCUT2D eigenvalue weighted by Crippen LogP contribution is -2.28. The Balaban J connectivity index is 1.38. The van der Waals surface area contributed by atoms with E-state index in [-0.39, 0.29) is 35.2 Å². The standard InChI is InChI=1S/C19H18FNO2S/c20-15-8-6-13(7-9-15)16-10-17(16)21-19(23)12-24-11-18(22)14-4-2-1-3-5-14/h1-9,16-17H,10-12H2,(H,21,23)/t16-,17+/m1/s1. The number of hydrogen-bond donors (Lipinski definition) is 1. The summed E-state index contributed by atoms with van der Waals surface area (Å²) in [5.41, 5.74) is 1.72. The third-order valence-electron chi connectivity index (χ3n) is 4.00. The van der Waals surface area contributed by atoms with Gasteiger partial charge in [0.2, 0.25) is 5.91 Å². The van der Waals surface area contributed by atoms with Crippen LogP contribution in [-0.4, -0.2) is 29.2 Å². The fourth-order valence-corrected chi connectivity index (χ4v) is 3.35. The van der Waals surface area contributed by atoms with Crippen molar-refractivity contribution in [1.29, 1.82) is 0 Å². The number of carbonyl (C=O) groups excluding carboxylic acids is 2. The van der Waals surface area contributed by atoms with Gasteiger partial charge in [-0.1, -0.05) is 42.5 Å². The lowest BCUT2D eigenvalue weighted by molar-refractivity contribution is -0.118. The van der Waals surface area contributed by atoms with Gasteiger partial charge in [0.25, 0.3) is 0 Å². The molecule has 1 aliphatic carbocycles. The van der Waals surface area contributed by atoms with E-state index in [1.807, 2.05) is 18.2 Å². The van der Waals surface area contributed by atoms with Crippen molar-refractivity contribution < 1.29 is 14.0 Å². The molecule has 0 heterocycles. The van der Waals surface area contributed by atoms with E-state index in [1.54, 1.807) is 24.3 Å². The summed E-state index contributed by atoms with van der Waals surface area (Å²) in [6, 6.07) is 15.6. The van der Waals surface area contributed by atoms with Crippen molar-refractivity contribution >= 4 is 23.5 Å². The van der Waals surface area contributed by atoms with Crippen molar-refractivity contribution in [3.8, 4) is 0 Å². The first-order valence-corrected chi connectivity index (χ1v) is 9.00. The summed E-state index contributed by atoms with van der Waals surface area (Å²) < 4.78 is 12.9. The molecule has 1 amide bonds. The van der Waals surface area contributed by atoms with Crippen LogP contribution in [0.15, 0.2) is 54.6 Å². The van der Waals surface area contributed by atoms with Gasteiger partial charge in [-0.05, 0) is 24.1 Å². The zero-order valence-corrected chi connectivity index (χ0v) is 13.9. The Morgan fingerprint density at radius 3 is 2.46 bits per heavy atom. The van der Waals surface area contributed by atoms with E-state index in [0.29, 0.717) is 11.3 Å². The van der Waals surface area contributed by atoms with Gasteiger partial charge in [-0.3, -0.25) is 9.59 Å². The molecule has 1 N–H and O–H groups in total. The molecule has 1 aliphatic rings. The molecule has 0 aliphatic heterocycles. The van der Waals surface area contributed by atoms with Crippen LogP contribution in [0.25, 0.3) is 0 Å². The molecule has 24 heavy (non-hydrogen) atoms. The van der Waals surface area contributed by atoms with Gasteiger partial charge in [-0.25, -0.2) is 4.39 Å². The first-order valence-electron chi connectivity index (χ1n) is 7.84. The summed E-state index contributed by atoms with van der Waals surface area (Å²) in [5.74, 6) is 0.554. The molecule has 3 rings (SSSR count). The summed E-state index contributed by atoms with van der Waals surface area (Å²) in [5, 5.41) is 2.97. The molecule has 0 saturated heterocycles. The molecule has 0 unspecified atom stereocenters. The maximum atomic E-state index is 12.9. The summed E-state index contributed by atoms with van der Waals surface area (Å²) >= 11 is 1.32. The van der Waals surface area contributed by atoms with Crippen LogP contribution in [0.2, 0.25) is 0 Å². The SMILES string of the molecule is O=C(CSCC(=O)c1ccccc1)N[C@H]1C[C@@H]1c1ccc(F)cc1. The van der Waals surface area contributed by atoms with Crippen molar-refractivity contribution in [3.05, 3.63) is 71.5 Å². The van der Waals surface area contributed by atoms with Crippen LogP contribution in [0.3, 0.4) is 0 Å². The first kappa shape index (κ1) is 16.7. The lowest BCUT2D eigenvalue weighted by Gasteiger charge is -2.05. The zero-order valence-electron chi connectivity index (χ0n) is 13.1. The molecule has 3 nitrogen and oxygen atoms in total. The molecule has 0 aromatic heterocycles. The Kier molecular flexibility index (Phi) is 5.30. The van der Waals surface area contributed by atoms with Gasteiger partial charge in [0, 0.05) is 17.5 Å². The molecule has 1 fully saturated rings. The quantitative estimate of drug-likeness (QED) is 0.784. The Hall–Kier alpha value is -2.14. The monoisotopic (exact) mass is 343 g/mol. The predicted octanol–water partition coefficient (Wildman–Crippen LogP) is 3.41. The Morgan fingerprint density at radius 2 is 1.75 bits per heavy atom. The van der Waals surface area contributed by atoms with Crippen molar-refractivity contribution in [2.45, 2.75) is 18.4 Å². The molecule has 2 aromatic carbocycles. The first-order chi connectivity index (χ1) is 11.6. The second kappa shape index (κ2) is 7.62. The maximum Gasteiger partial charge on any atom is 0.230 e. The van der Waals surface area contributed by atoms with Crippen LogP contribution >= 0.6 is 11.8 Å². The van der Waals surface area contributed by atoms with Gasteiger partial charge < -0.3 is 5.32 Å². The van der Waals surface area contributed by atoms with Crippen molar-refractivity contribution in [3.63, 3.8) is 0 Å². The van der Waals surface area contributed by atoms with Gasteiger partial charge in [0.05, 0.1) is 11.5 Å². The van der Waals surface area contributed by atoms with Crippen molar-refractivity contribution in [2.75, 3.05) is 11.5 Å². The number of benzene rings is 2. The summed E-state index contributed by atoms with van der Waals surface area (Å²) in [7, 11) is 0. The minimum Gasteiger partial charge on any atom is -0.352 e. The highest BCUT2D eigenvalue weighted by Gasteiger charge is 2.39. The minimum absolute atomic E-state index is 0.0315. The van der Waals surface area contributed by atoms with E-state index >= 15 is 0 Å². The van der Waals surface area contributed by atoms with Gasteiger partial charge >= 0.3 is 0 Å². The molecule has 5 heteroatoms. The number of carbonyl (C=O) groups is 2. The highest BCUT2D eigenvalue weighted by atomic mass is 32.2. The van der Waals surface area contributed by atoms with E-state index in [0.717, 1.165) is 12.0 Å². The van der Waals surface area contributed by atoms with Crippen LogP contribution in [-0.2, 0) is 4.79 Å². The summed E-state index contributed by atoms with van der Waals surface area (Å²) in [4.78, 5) is 23.9. The number of hydrogen-bond acceptors (Lipinski definition) is 3. The molecule has 2 aromatic rings. The second-order valence-electron chi connectivity index (χ2n) is 5.85. The van der Waals surface area contributed by atoms with Crippen molar-refractivity contribution in [1.82, 2.24) is 5.32 Å². The zero-order chi connectivity index (χ0) is 16.9. The van der Waals surface area contributed by atoms with E-state index in [9.17, 15) is 14.0 Å². The molecule has 2 atom stereocenters. The average Bonchev–Trinajstić information content (AvgIpc) is 3.35. The molecule has 124 valence electrons. The normalized spacial score (nSPS) is 18.9. The van der Waals surface area contributed by atoms with Crippen LogP contribution < -0.4 is 5.32 Å². The topological polar surface area (TPSA) is 46.2 Å². The van der Waals surface area contributed by atoms with Gasteiger partial charge in [0.1, 0.15) is 5.82 Å². The number of nitrogens with one attached hydrogen (secondary N) is 1. The van der Waals surface area contributed by atoms with Gasteiger partial charge in [0.15, 0.2) is 5.78 Å². The molecule has 0 spiro atoms. The third-order valence-corrected chi connectivity index (χ3v) is 4.93. The van der Waals surface area contributed by atoms with Gasteiger partial charge in [-0.15, -0.1) is 11.8 Å². The Bertz CT molecular complexity index is 718. The van der Waals surface area contributed by atoms with Crippen LogP contribution in [0, 0.1) is 5.82 Å². The van der Waals surface area contributed by atoms with E-state index < -0.39 is 0 Å². The fourth-order valence-electron chi connectivity index (χ4n) is 2.63. The third kappa shape index (κ3) is 4.45. The number of amides is 1. The highest BCUT2D eigenvalue weighted by molar-refractivity contribution is 8.00. The number of Topliss-reactive ketones (excluding diaryl/α,β-unsaturated/α-hetero) is 1. The van der Waals surface area contributed by atoms with Crippen molar-refractivity contribution in [2.24, 2.45) is 0 Å². The smallest absolute Gasteiger partial charge is 0.230 e. The largest absolute Gasteiger partial charge is 0.352 e. The van der Waals surface area contributed by atoms with Gasteiger partial charge in [-0.2, -0.15) is 0 Å². The highest BCUT2D eigenvalue weighted by Crippen LogP contribution is 2.40. The molecular formula is C19H18FNO2S. The second-order valence-corrected chi connectivity index (χ2v) is 6.84. The number of ketones is 1. The average molecular weight is 343 g/mol. The van der Waals surface area contributed by atoms with Crippen LogP contribution in [0.1, 0.15) is 28.3 Å². The summed E-state index contributed by atoms with van der Waals surface area (Å²) in [6.45, 7) is 0. The Labute approximate surface area is 144 Å². The maximum absolute atomic E-state index is 12.9. The number of thioether (sulfide) groups is 1. The van der Waals surface area contributed by atoms with Crippen LogP contribution in [0.5, 0.6) is 0 Å². The summed E-state index contributed by atoms with van der Waals surface area (Å²) in [6.07, 6.45) is 0.880. The fraction of sp³-hybridized carbons (Fsp3) is 0.263.